The van der Waals surface area contributed by atoms with Crippen molar-refractivity contribution >= 4 is 22.2 Å². The van der Waals surface area contributed by atoms with E-state index >= 15 is 0 Å². The molecule has 2 aromatic rings. The molecular weight excluding hydrogens is 332 g/mol. The topological polar surface area (TPSA) is 63.4 Å². The number of halogens is 1. The zero-order valence-corrected chi connectivity index (χ0v) is 14.8. The molecule has 0 saturated carbocycles. The molecule has 0 amide bonds. The van der Waals surface area contributed by atoms with Gasteiger partial charge in [-0.3, -0.25) is 4.90 Å². The third-order valence-electron chi connectivity index (χ3n) is 3.45. The first-order chi connectivity index (χ1) is 10.5. The molecule has 0 aliphatic heterocycles. The molecule has 0 radical (unpaired) electrons. The molecule has 0 aliphatic carbocycles. The molecular formula is C17H23ClN2O2S. The lowest BCUT2D eigenvalue weighted by Crippen LogP contribution is -2.28. The summed E-state index contributed by atoms with van der Waals surface area (Å²) in [6.45, 7) is 2.96. The Morgan fingerprint density at radius 1 is 0.913 bits per heavy atom. The van der Waals surface area contributed by atoms with Crippen LogP contribution in [0.2, 0.25) is 0 Å². The maximum atomic E-state index is 11.5. The van der Waals surface area contributed by atoms with Crippen molar-refractivity contribution in [3.8, 4) is 0 Å². The van der Waals surface area contributed by atoms with Crippen molar-refractivity contribution in [2.45, 2.75) is 18.0 Å². The minimum atomic E-state index is -3.14. The number of nitrogens with zero attached hydrogens (tertiary/aromatic N) is 1. The van der Waals surface area contributed by atoms with Crippen LogP contribution in [0.15, 0.2) is 59.5 Å². The Morgan fingerprint density at radius 2 is 1.43 bits per heavy atom. The highest BCUT2D eigenvalue weighted by Gasteiger charge is 2.09. The summed E-state index contributed by atoms with van der Waals surface area (Å²) >= 11 is 0. The fourth-order valence-electron chi connectivity index (χ4n) is 2.34. The summed E-state index contributed by atoms with van der Waals surface area (Å²) in [5.74, 6) is 0. The van der Waals surface area contributed by atoms with Crippen LogP contribution in [0.5, 0.6) is 0 Å². The number of benzene rings is 2. The summed E-state index contributed by atoms with van der Waals surface area (Å²) < 4.78 is 23.0. The monoisotopic (exact) mass is 354 g/mol. The zero-order chi connectivity index (χ0) is 16.0. The summed E-state index contributed by atoms with van der Waals surface area (Å²) in [6, 6.07) is 17.3. The van der Waals surface area contributed by atoms with Crippen LogP contribution in [0.3, 0.4) is 0 Å². The van der Waals surface area contributed by atoms with Crippen molar-refractivity contribution in [1.29, 1.82) is 0 Å². The van der Waals surface area contributed by atoms with E-state index in [0.717, 1.165) is 25.2 Å². The standard InChI is InChI=1S/C17H22N2O2S.ClH/c1-22(20,21)17-9-7-16(8-10-17)14-19(12-11-18)13-15-5-3-2-4-6-15;/h2-10H,11-14,18H2,1H3;1H. The summed E-state index contributed by atoms with van der Waals surface area (Å²) in [7, 11) is -3.14. The quantitative estimate of drug-likeness (QED) is 0.829. The molecule has 4 nitrogen and oxygen atoms in total. The van der Waals surface area contributed by atoms with Gasteiger partial charge in [0, 0.05) is 32.4 Å². The van der Waals surface area contributed by atoms with Gasteiger partial charge in [-0.1, -0.05) is 42.5 Å². The Morgan fingerprint density at radius 3 is 1.91 bits per heavy atom. The predicted octanol–water partition coefficient (Wildman–Crippen LogP) is 2.47. The molecule has 0 spiro atoms. The highest BCUT2D eigenvalue weighted by molar-refractivity contribution is 7.90. The Hall–Kier alpha value is -1.40. The third kappa shape index (κ3) is 6.31. The fourth-order valence-corrected chi connectivity index (χ4v) is 2.97. The van der Waals surface area contributed by atoms with Gasteiger partial charge in [-0.15, -0.1) is 12.4 Å². The largest absolute Gasteiger partial charge is 0.329 e. The Bertz CT molecular complexity index is 688. The molecule has 0 fully saturated rings. The zero-order valence-electron chi connectivity index (χ0n) is 13.2. The van der Waals surface area contributed by atoms with Crippen molar-refractivity contribution in [2.24, 2.45) is 5.73 Å². The van der Waals surface area contributed by atoms with E-state index in [1.807, 2.05) is 30.3 Å². The second-order valence-electron chi connectivity index (χ2n) is 5.40. The normalized spacial score (nSPS) is 11.3. The second kappa shape index (κ2) is 9.03. The lowest BCUT2D eigenvalue weighted by molar-refractivity contribution is 0.264. The van der Waals surface area contributed by atoms with E-state index < -0.39 is 9.84 Å². The Balaban J connectivity index is 0.00000264. The lowest BCUT2D eigenvalue weighted by Gasteiger charge is -2.22. The molecule has 23 heavy (non-hydrogen) atoms. The molecule has 6 heteroatoms. The molecule has 0 aromatic heterocycles. The highest BCUT2D eigenvalue weighted by atomic mass is 35.5. The minimum Gasteiger partial charge on any atom is -0.329 e. The average molecular weight is 355 g/mol. The summed E-state index contributed by atoms with van der Waals surface area (Å²) in [6.07, 6.45) is 1.22. The van der Waals surface area contributed by atoms with E-state index in [9.17, 15) is 8.42 Å². The molecule has 0 unspecified atom stereocenters. The SMILES string of the molecule is CS(=O)(=O)c1ccc(CN(CCN)Cc2ccccc2)cc1.Cl. The molecule has 0 heterocycles. The van der Waals surface area contributed by atoms with Gasteiger partial charge < -0.3 is 5.73 Å². The molecule has 0 atom stereocenters. The maximum Gasteiger partial charge on any atom is 0.175 e. The van der Waals surface area contributed by atoms with Crippen LogP contribution < -0.4 is 5.73 Å². The van der Waals surface area contributed by atoms with E-state index in [2.05, 4.69) is 17.0 Å². The second-order valence-corrected chi connectivity index (χ2v) is 7.42. The van der Waals surface area contributed by atoms with Gasteiger partial charge in [0.05, 0.1) is 4.90 Å². The van der Waals surface area contributed by atoms with Crippen LogP contribution in [0.4, 0.5) is 0 Å². The summed E-state index contributed by atoms with van der Waals surface area (Å²) in [5, 5.41) is 0. The van der Waals surface area contributed by atoms with Crippen LogP contribution in [0.1, 0.15) is 11.1 Å². The number of hydrogen-bond donors (Lipinski definition) is 1. The number of hydrogen-bond acceptors (Lipinski definition) is 4. The molecule has 126 valence electrons. The van der Waals surface area contributed by atoms with Crippen LogP contribution >= 0.6 is 12.4 Å². The van der Waals surface area contributed by atoms with Gasteiger partial charge in [0.25, 0.3) is 0 Å². The summed E-state index contributed by atoms with van der Waals surface area (Å²) in [4.78, 5) is 2.61. The van der Waals surface area contributed by atoms with E-state index in [1.165, 1.54) is 11.8 Å². The first-order valence-electron chi connectivity index (χ1n) is 7.24. The van der Waals surface area contributed by atoms with Crippen LogP contribution in [0, 0.1) is 0 Å². The average Bonchev–Trinajstić information content (AvgIpc) is 2.48. The first kappa shape index (κ1) is 19.6. The molecule has 0 aliphatic rings. The van der Waals surface area contributed by atoms with E-state index in [1.54, 1.807) is 12.1 Å². The first-order valence-corrected chi connectivity index (χ1v) is 9.13. The van der Waals surface area contributed by atoms with Gasteiger partial charge in [-0.2, -0.15) is 0 Å². The number of nitrogens with two attached hydrogens (primary N) is 1. The fraction of sp³-hybridized carbons (Fsp3) is 0.294. The predicted molar refractivity (Wildman–Crippen MR) is 96.4 cm³/mol. The van der Waals surface area contributed by atoms with Gasteiger partial charge in [0.15, 0.2) is 9.84 Å². The van der Waals surface area contributed by atoms with Crippen molar-refractivity contribution in [3.63, 3.8) is 0 Å². The number of rotatable bonds is 7. The maximum absolute atomic E-state index is 11.5. The molecule has 2 aromatic carbocycles. The smallest absolute Gasteiger partial charge is 0.175 e. The van der Waals surface area contributed by atoms with E-state index in [-0.39, 0.29) is 12.4 Å². The Labute approximate surface area is 144 Å². The van der Waals surface area contributed by atoms with Crippen molar-refractivity contribution < 1.29 is 8.42 Å². The van der Waals surface area contributed by atoms with Crippen LogP contribution in [-0.2, 0) is 22.9 Å². The highest BCUT2D eigenvalue weighted by Crippen LogP contribution is 2.13. The van der Waals surface area contributed by atoms with Gasteiger partial charge in [0.1, 0.15) is 0 Å². The Kier molecular flexibility index (Phi) is 7.72. The summed E-state index contributed by atoms with van der Waals surface area (Å²) in [5.41, 5.74) is 8.02. The van der Waals surface area contributed by atoms with Gasteiger partial charge in [0.2, 0.25) is 0 Å². The van der Waals surface area contributed by atoms with Crippen LogP contribution in [-0.4, -0.2) is 32.7 Å². The third-order valence-corrected chi connectivity index (χ3v) is 4.58. The lowest BCUT2D eigenvalue weighted by atomic mass is 10.1. The van der Waals surface area contributed by atoms with Crippen molar-refractivity contribution in [2.75, 3.05) is 19.3 Å². The van der Waals surface area contributed by atoms with Gasteiger partial charge in [-0.05, 0) is 23.3 Å². The molecule has 0 saturated heterocycles. The molecule has 2 rings (SSSR count). The van der Waals surface area contributed by atoms with Crippen molar-refractivity contribution in [1.82, 2.24) is 4.90 Å². The van der Waals surface area contributed by atoms with E-state index in [0.29, 0.717) is 11.4 Å². The van der Waals surface area contributed by atoms with Gasteiger partial charge in [-0.25, -0.2) is 8.42 Å². The van der Waals surface area contributed by atoms with Gasteiger partial charge >= 0.3 is 0 Å². The minimum absolute atomic E-state index is 0. The van der Waals surface area contributed by atoms with Crippen molar-refractivity contribution in [3.05, 3.63) is 65.7 Å². The number of sulfone groups is 1. The van der Waals surface area contributed by atoms with E-state index in [4.69, 9.17) is 5.73 Å². The molecule has 0 bridgehead atoms. The molecule has 2 N–H and O–H groups in total. The van der Waals surface area contributed by atoms with Crippen LogP contribution in [0.25, 0.3) is 0 Å².